The SMILES string of the molecule is COC(C)C(NC(=O)C(CNC(=O)OCC1c2ccccc2-c2ccccc21)CC(C)C)C(=O)O. The molecule has 3 atom stereocenters. The molecule has 188 valence electrons. The minimum absolute atomic E-state index is 0.0361. The smallest absolute Gasteiger partial charge is 0.407 e. The van der Waals surface area contributed by atoms with E-state index in [-0.39, 0.29) is 25.0 Å². The Labute approximate surface area is 206 Å². The molecule has 0 saturated carbocycles. The Morgan fingerprint density at radius 3 is 2.06 bits per heavy atom. The van der Waals surface area contributed by atoms with Crippen molar-refractivity contribution in [2.24, 2.45) is 11.8 Å². The normalized spacial score (nSPS) is 15.0. The summed E-state index contributed by atoms with van der Waals surface area (Å²) in [5.41, 5.74) is 4.52. The molecule has 3 N–H and O–H groups in total. The van der Waals surface area contributed by atoms with Crippen molar-refractivity contribution in [3.8, 4) is 11.1 Å². The van der Waals surface area contributed by atoms with E-state index in [2.05, 4.69) is 22.8 Å². The number of ether oxygens (including phenoxy) is 2. The largest absolute Gasteiger partial charge is 0.480 e. The Bertz CT molecular complexity index is 1010. The molecule has 0 heterocycles. The van der Waals surface area contributed by atoms with E-state index < -0.39 is 36.0 Å². The number of alkyl carbamates (subject to hydrolysis) is 1. The van der Waals surface area contributed by atoms with Gasteiger partial charge in [-0.2, -0.15) is 0 Å². The number of aliphatic carboxylic acids is 1. The monoisotopic (exact) mass is 482 g/mol. The Kier molecular flexibility index (Phi) is 8.87. The molecule has 1 aliphatic carbocycles. The van der Waals surface area contributed by atoms with E-state index in [0.717, 1.165) is 22.3 Å². The molecule has 8 heteroatoms. The Hall–Kier alpha value is -3.39. The average Bonchev–Trinajstić information content (AvgIpc) is 3.16. The third-order valence-electron chi connectivity index (χ3n) is 6.37. The molecule has 0 bridgehead atoms. The summed E-state index contributed by atoms with van der Waals surface area (Å²) in [5, 5.41) is 14.7. The van der Waals surface area contributed by atoms with Crippen LogP contribution in [0, 0.1) is 11.8 Å². The van der Waals surface area contributed by atoms with E-state index in [9.17, 15) is 19.5 Å². The number of rotatable bonds is 11. The summed E-state index contributed by atoms with van der Waals surface area (Å²) in [4.78, 5) is 36.9. The Morgan fingerprint density at radius 2 is 1.54 bits per heavy atom. The van der Waals surface area contributed by atoms with Gasteiger partial charge >= 0.3 is 12.1 Å². The lowest BCUT2D eigenvalue weighted by atomic mass is 9.95. The number of hydrogen-bond donors (Lipinski definition) is 3. The van der Waals surface area contributed by atoms with Gasteiger partial charge in [-0.15, -0.1) is 0 Å². The van der Waals surface area contributed by atoms with Crippen LogP contribution in [0.1, 0.15) is 44.2 Å². The zero-order valence-corrected chi connectivity index (χ0v) is 20.6. The van der Waals surface area contributed by atoms with Crippen LogP contribution in [0.4, 0.5) is 4.79 Å². The van der Waals surface area contributed by atoms with Crippen LogP contribution in [0.15, 0.2) is 48.5 Å². The Balaban J connectivity index is 1.60. The minimum atomic E-state index is -1.18. The van der Waals surface area contributed by atoms with Crippen molar-refractivity contribution in [3.63, 3.8) is 0 Å². The first-order valence-electron chi connectivity index (χ1n) is 11.9. The van der Waals surface area contributed by atoms with Gasteiger partial charge < -0.3 is 25.2 Å². The lowest BCUT2D eigenvalue weighted by molar-refractivity contribution is -0.146. The highest BCUT2D eigenvalue weighted by Gasteiger charge is 2.31. The van der Waals surface area contributed by atoms with Gasteiger partial charge in [-0.3, -0.25) is 4.79 Å². The van der Waals surface area contributed by atoms with E-state index in [0.29, 0.717) is 6.42 Å². The molecule has 3 unspecified atom stereocenters. The summed E-state index contributed by atoms with van der Waals surface area (Å²) in [5.74, 6) is -2.14. The van der Waals surface area contributed by atoms with Gasteiger partial charge in [-0.05, 0) is 41.5 Å². The lowest BCUT2D eigenvalue weighted by Crippen LogP contribution is -2.51. The first-order valence-corrected chi connectivity index (χ1v) is 11.9. The van der Waals surface area contributed by atoms with Crippen LogP contribution in [0.2, 0.25) is 0 Å². The highest BCUT2D eigenvalue weighted by atomic mass is 16.5. The molecule has 3 rings (SSSR count). The lowest BCUT2D eigenvalue weighted by Gasteiger charge is -2.24. The van der Waals surface area contributed by atoms with E-state index in [4.69, 9.17) is 9.47 Å². The van der Waals surface area contributed by atoms with Crippen molar-refractivity contribution in [1.29, 1.82) is 0 Å². The summed E-state index contributed by atoms with van der Waals surface area (Å²) in [6.07, 6.45) is -0.844. The second kappa shape index (κ2) is 11.8. The molecule has 0 saturated heterocycles. The number of benzene rings is 2. The number of carbonyl (C=O) groups is 3. The third kappa shape index (κ3) is 6.39. The van der Waals surface area contributed by atoms with Gasteiger partial charge in [-0.1, -0.05) is 62.4 Å². The summed E-state index contributed by atoms with van der Waals surface area (Å²) < 4.78 is 10.6. The van der Waals surface area contributed by atoms with Crippen LogP contribution >= 0.6 is 0 Å². The van der Waals surface area contributed by atoms with Crippen molar-refractivity contribution in [2.45, 2.75) is 45.3 Å². The van der Waals surface area contributed by atoms with Crippen LogP contribution in [0.3, 0.4) is 0 Å². The van der Waals surface area contributed by atoms with Crippen LogP contribution in [0.25, 0.3) is 11.1 Å². The zero-order chi connectivity index (χ0) is 25.5. The summed E-state index contributed by atoms with van der Waals surface area (Å²) in [6, 6.07) is 15.0. The van der Waals surface area contributed by atoms with Crippen molar-refractivity contribution in [1.82, 2.24) is 10.6 Å². The van der Waals surface area contributed by atoms with Crippen LogP contribution in [-0.4, -0.2) is 55.5 Å². The van der Waals surface area contributed by atoms with Gasteiger partial charge in [0.1, 0.15) is 6.61 Å². The third-order valence-corrected chi connectivity index (χ3v) is 6.37. The number of carbonyl (C=O) groups excluding carboxylic acids is 2. The number of carboxylic acids is 1. The number of nitrogens with one attached hydrogen (secondary N) is 2. The van der Waals surface area contributed by atoms with Gasteiger partial charge in [0.25, 0.3) is 0 Å². The zero-order valence-electron chi connectivity index (χ0n) is 20.6. The molecular formula is C27H34N2O6. The Morgan fingerprint density at radius 1 is 0.971 bits per heavy atom. The van der Waals surface area contributed by atoms with Crippen molar-refractivity contribution in [2.75, 3.05) is 20.3 Å². The predicted molar refractivity (Wildman–Crippen MR) is 132 cm³/mol. The number of amides is 2. The van der Waals surface area contributed by atoms with Gasteiger partial charge in [0.2, 0.25) is 5.91 Å². The fourth-order valence-corrected chi connectivity index (χ4v) is 4.50. The highest BCUT2D eigenvalue weighted by molar-refractivity contribution is 5.86. The van der Waals surface area contributed by atoms with Gasteiger partial charge in [0, 0.05) is 19.6 Å². The average molecular weight is 483 g/mol. The van der Waals surface area contributed by atoms with Crippen molar-refractivity contribution in [3.05, 3.63) is 59.7 Å². The maximum atomic E-state index is 12.8. The number of carboxylic acid groups (broad SMARTS) is 1. The van der Waals surface area contributed by atoms with E-state index >= 15 is 0 Å². The molecule has 0 aromatic heterocycles. The van der Waals surface area contributed by atoms with Gasteiger partial charge in [0.05, 0.1) is 12.0 Å². The predicted octanol–water partition coefficient (Wildman–Crippen LogP) is 3.79. The van der Waals surface area contributed by atoms with Crippen LogP contribution in [-0.2, 0) is 19.1 Å². The molecule has 35 heavy (non-hydrogen) atoms. The standard InChI is InChI=1S/C27H34N2O6/c1-16(2)13-18(25(30)29-24(26(31)32)17(3)34-4)14-28-27(33)35-15-23-21-11-7-5-9-19(21)20-10-6-8-12-22(20)23/h5-12,16-18,23-24H,13-15H2,1-4H3,(H,28,33)(H,29,30)(H,31,32). The van der Waals surface area contributed by atoms with Crippen LogP contribution in [0.5, 0.6) is 0 Å². The molecule has 2 aromatic rings. The van der Waals surface area contributed by atoms with Crippen LogP contribution < -0.4 is 10.6 Å². The number of methoxy groups -OCH3 is 1. The highest BCUT2D eigenvalue weighted by Crippen LogP contribution is 2.44. The molecule has 0 spiro atoms. The number of fused-ring (bicyclic) bond motifs is 3. The molecule has 0 aliphatic heterocycles. The molecule has 8 nitrogen and oxygen atoms in total. The first-order chi connectivity index (χ1) is 16.7. The van der Waals surface area contributed by atoms with E-state index in [1.807, 2.05) is 50.2 Å². The molecule has 2 amide bonds. The minimum Gasteiger partial charge on any atom is -0.480 e. The molecule has 1 aliphatic rings. The second-order valence-electron chi connectivity index (χ2n) is 9.30. The van der Waals surface area contributed by atoms with E-state index in [1.165, 1.54) is 7.11 Å². The topological polar surface area (TPSA) is 114 Å². The summed E-state index contributed by atoms with van der Waals surface area (Å²) in [6.45, 7) is 5.70. The van der Waals surface area contributed by atoms with Crippen molar-refractivity contribution < 1.29 is 29.0 Å². The fourth-order valence-electron chi connectivity index (χ4n) is 4.50. The number of hydrogen-bond acceptors (Lipinski definition) is 5. The molecule has 0 radical (unpaired) electrons. The van der Waals surface area contributed by atoms with Gasteiger partial charge in [-0.25, -0.2) is 9.59 Å². The maximum Gasteiger partial charge on any atom is 0.407 e. The fraction of sp³-hybridized carbons (Fsp3) is 0.444. The summed E-state index contributed by atoms with van der Waals surface area (Å²) in [7, 11) is 1.39. The quantitative estimate of drug-likeness (QED) is 0.449. The second-order valence-corrected chi connectivity index (χ2v) is 9.30. The maximum absolute atomic E-state index is 12.8. The summed E-state index contributed by atoms with van der Waals surface area (Å²) >= 11 is 0. The van der Waals surface area contributed by atoms with Gasteiger partial charge in [0.15, 0.2) is 6.04 Å². The first kappa shape index (κ1) is 26.2. The molecule has 2 aromatic carbocycles. The van der Waals surface area contributed by atoms with Crippen molar-refractivity contribution >= 4 is 18.0 Å². The molecule has 0 fully saturated rings. The molecular weight excluding hydrogens is 448 g/mol. The van der Waals surface area contributed by atoms with E-state index in [1.54, 1.807) is 6.92 Å².